The zero-order valence-electron chi connectivity index (χ0n) is 15.6. The Labute approximate surface area is 176 Å². The van der Waals surface area contributed by atoms with Gasteiger partial charge in [-0.2, -0.15) is 5.26 Å². The summed E-state index contributed by atoms with van der Waals surface area (Å²) in [5.74, 6) is -0.893. The molecule has 1 heterocycles. The maximum Gasteiger partial charge on any atom is 0.276 e. The Morgan fingerprint density at radius 2 is 1.77 bits per heavy atom. The molecule has 0 aliphatic heterocycles. The maximum atomic E-state index is 13.0. The molecule has 150 valence electrons. The van der Waals surface area contributed by atoms with E-state index < -0.39 is 11.8 Å². The molecule has 0 unspecified atom stereocenters. The van der Waals surface area contributed by atoms with Crippen LogP contribution >= 0.6 is 11.3 Å². The summed E-state index contributed by atoms with van der Waals surface area (Å²) >= 11 is 1.45. The molecule has 0 saturated heterocycles. The molecule has 0 spiro atoms. The summed E-state index contributed by atoms with van der Waals surface area (Å²) in [5.41, 5.74) is 5.89. The summed E-state index contributed by atoms with van der Waals surface area (Å²) in [5, 5.41) is 8.74. The second-order valence-electron chi connectivity index (χ2n) is 6.00. The van der Waals surface area contributed by atoms with Gasteiger partial charge in [-0.05, 0) is 60.2 Å². The number of hydrogen-bond acceptors (Lipinski definition) is 5. The molecule has 6 nitrogen and oxygen atoms in total. The Bertz CT molecular complexity index is 1100. The summed E-state index contributed by atoms with van der Waals surface area (Å²) in [7, 11) is 0. The van der Waals surface area contributed by atoms with Crippen molar-refractivity contribution in [3.05, 3.63) is 83.0 Å². The van der Waals surface area contributed by atoms with Crippen LogP contribution < -0.4 is 15.6 Å². The third-order valence-corrected chi connectivity index (χ3v) is 4.93. The first kappa shape index (κ1) is 20.8. The third-order valence-electron chi connectivity index (χ3n) is 3.83. The van der Waals surface area contributed by atoms with E-state index in [9.17, 15) is 14.0 Å². The van der Waals surface area contributed by atoms with Crippen LogP contribution in [0.15, 0.2) is 66.7 Å². The molecule has 30 heavy (non-hydrogen) atoms. The lowest BCUT2D eigenvalue weighted by Gasteiger charge is -2.07. The molecule has 1 aromatic heterocycles. The van der Waals surface area contributed by atoms with Crippen LogP contribution in [0.1, 0.15) is 10.4 Å². The van der Waals surface area contributed by atoms with E-state index in [0.717, 1.165) is 15.3 Å². The van der Waals surface area contributed by atoms with Gasteiger partial charge in [0.05, 0.1) is 11.6 Å². The standard InChI is InChI=1S/C22H16FN3O3S/c23-17-5-3-16(4-6-17)20-11-9-19(30-20)10-12-21(27)25-26-22(28)14-29-18-7-1-15(13-24)2-8-18/h1-12H,14H2,(H,25,27)(H,26,28)/b12-10+. The molecule has 0 aliphatic carbocycles. The number of carbonyl (C=O) groups excluding carboxylic acids is 2. The fourth-order valence-corrected chi connectivity index (χ4v) is 3.27. The topological polar surface area (TPSA) is 91.2 Å². The first-order valence-corrected chi connectivity index (χ1v) is 9.61. The van der Waals surface area contributed by atoms with Crippen LogP contribution in [0.2, 0.25) is 0 Å². The minimum absolute atomic E-state index is 0.290. The molecule has 2 N–H and O–H groups in total. The summed E-state index contributed by atoms with van der Waals surface area (Å²) in [6.45, 7) is -0.290. The zero-order chi connectivity index (χ0) is 21.3. The minimum Gasteiger partial charge on any atom is -0.484 e. The van der Waals surface area contributed by atoms with E-state index in [1.165, 1.54) is 29.5 Å². The third kappa shape index (κ3) is 6.02. The number of ether oxygens (including phenoxy) is 1. The second-order valence-corrected chi connectivity index (χ2v) is 7.12. The van der Waals surface area contributed by atoms with Crippen LogP contribution in [0.4, 0.5) is 4.39 Å². The lowest BCUT2D eigenvalue weighted by Crippen LogP contribution is -2.43. The van der Waals surface area contributed by atoms with Crippen molar-refractivity contribution in [3.63, 3.8) is 0 Å². The molecule has 0 radical (unpaired) electrons. The average molecular weight is 421 g/mol. The molecule has 0 atom stereocenters. The van der Waals surface area contributed by atoms with Gasteiger partial charge in [0.1, 0.15) is 11.6 Å². The maximum absolute atomic E-state index is 13.0. The van der Waals surface area contributed by atoms with Crippen molar-refractivity contribution in [2.24, 2.45) is 0 Å². The summed E-state index contributed by atoms with van der Waals surface area (Å²) in [6, 6.07) is 18.2. The number of carbonyl (C=O) groups is 2. The molecule has 2 aromatic carbocycles. The predicted molar refractivity (Wildman–Crippen MR) is 112 cm³/mol. The molecule has 2 amide bonds. The number of nitrogens with one attached hydrogen (secondary N) is 2. The van der Waals surface area contributed by atoms with Gasteiger partial charge < -0.3 is 4.74 Å². The monoisotopic (exact) mass is 421 g/mol. The van der Waals surface area contributed by atoms with Crippen LogP contribution in [-0.2, 0) is 9.59 Å². The quantitative estimate of drug-likeness (QED) is 0.469. The van der Waals surface area contributed by atoms with Gasteiger partial charge in [0.25, 0.3) is 11.8 Å². The molecule has 3 aromatic rings. The van der Waals surface area contributed by atoms with Crippen molar-refractivity contribution in [2.75, 3.05) is 6.61 Å². The van der Waals surface area contributed by atoms with Gasteiger partial charge in [-0.3, -0.25) is 20.4 Å². The SMILES string of the molecule is N#Cc1ccc(OCC(=O)NNC(=O)/C=C/c2ccc(-c3ccc(F)cc3)s2)cc1. The van der Waals surface area contributed by atoms with E-state index in [4.69, 9.17) is 10.00 Å². The Hall–Kier alpha value is -3.96. The summed E-state index contributed by atoms with van der Waals surface area (Å²) in [6.07, 6.45) is 2.91. The number of nitriles is 1. The molecule has 0 fully saturated rings. The summed E-state index contributed by atoms with van der Waals surface area (Å²) in [4.78, 5) is 25.4. The van der Waals surface area contributed by atoms with Gasteiger partial charge in [-0.25, -0.2) is 4.39 Å². The van der Waals surface area contributed by atoms with Crippen LogP contribution in [0.25, 0.3) is 16.5 Å². The van der Waals surface area contributed by atoms with E-state index in [0.29, 0.717) is 11.3 Å². The van der Waals surface area contributed by atoms with Crippen molar-refractivity contribution < 1.29 is 18.7 Å². The Morgan fingerprint density at radius 1 is 1.03 bits per heavy atom. The number of nitrogens with zero attached hydrogens (tertiary/aromatic N) is 1. The van der Waals surface area contributed by atoms with E-state index in [1.807, 2.05) is 18.2 Å². The van der Waals surface area contributed by atoms with Crippen molar-refractivity contribution in [1.29, 1.82) is 5.26 Å². The first-order chi connectivity index (χ1) is 14.5. The summed E-state index contributed by atoms with van der Waals surface area (Å²) < 4.78 is 18.3. The minimum atomic E-state index is -0.532. The van der Waals surface area contributed by atoms with Gasteiger partial charge in [0.2, 0.25) is 0 Å². The number of hydrazine groups is 1. The van der Waals surface area contributed by atoms with Crippen LogP contribution in [-0.4, -0.2) is 18.4 Å². The molecule has 3 rings (SSSR count). The number of rotatable bonds is 6. The van der Waals surface area contributed by atoms with Crippen LogP contribution in [0.3, 0.4) is 0 Å². The molecule has 0 aliphatic rings. The lowest BCUT2D eigenvalue weighted by atomic mass is 10.2. The fourth-order valence-electron chi connectivity index (χ4n) is 2.35. The second kappa shape index (κ2) is 10.0. The Balaban J connectivity index is 1.43. The first-order valence-electron chi connectivity index (χ1n) is 8.79. The number of benzene rings is 2. The Kier molecular flexibility index (Phi) is 6.92. The van der Waals surface area contributed by atoms with Crippen LogP contribution in [0.5, 0.6) is 5.75 Å². The largest absolute Gasteiger partial charge is 0.484 e. The average Bonchev–Trinajstić information content (AvgIpc) is 3.24. The van der Waals surface area contributed by atoms with Gasteiger partial charge in [-0.15, -0.1) is 11.3 Å². The van der Waals surface area contributed by atoms with Gasteiger partial charge in [0.15, 0.2) is 6.61 Å². The van der Waals surface area contributed by atoms with Crippen molar-refractivity contribution in [2.45, 2.75) is 0 Å². The van der Waals surface area contributed by atoms with Crippen molar-refractivity contribution in [1.82, 2.24) is 10.9 Å². The molecule has 0 bridgehead atoms. The lowest BCUT2D eigenvalue weighted by molar-refractivity contribution is -0.128. The van der Waals surface area contributed by atoms with Gasteiger partial charge in [-0.1, -0.05) is 12.1 Å². The zero-order valence-corrected chi connectivity index (χ0v) is 16.4. The number of halogens is 1. The van der Waals surface area contributed by atoms with E-state index in [-0.39, 0.29) is 12.4 Å². The number of hydrogen-bond donors (Lipinski definition) is 2. The highest BCUT2D eigenvalue weighted by Crippen LogP contribution is 2.28. The highest BCUT2D eigenvalue weighted by atomic mass is 32.1. The van der Waals surface area contributed by atoms with Crippen LogP contribution in [0, 0.1) is 17.1 Å². The Morgan fingerprint density at radius 3 is 2.47 bits per heavy atom. The van der Waals surface area contributed by atoms with E-state index >= 15 is 0 Å². The van der Waals surface area contributed by atoms with Crippen molar-refractivity contribution >= 4 is 29.2 Å². The van der Waals surface area contributed by atoms with Gasteiger partial charge in [0, 0.05) is 15.8 Å². The van der Waals surface area contributed by atoms with Crippen molar-refractivity contribution in [3.8, 4) is 22.3 Å². The fraction of sp³-hybridized carbons (Fsp3) is 0.0455. The van der Waals surface area contributed by atoms with E-state index in [1.54, 1.807) is 42.5 Å². The number of thiophene rings is 1. The van der Waals surface area contributed by atoms with Gasteiger partial charge >= 0.3 is 0 Å². The molecular weight excluding hydrogens is 405 g/mol. The highest BCUT2D eigenvalue weighted by Gasteiger charge is 2.05. The normalized spacial score (nSPS) is 10.4. The predicted octanol–water partition coefficient (Wildman–Crippen LogP) is 3.67. The number of amides is 2. The highest BCUT2D eigenvalue weighted by molar-refractivity contribution is 7.16. The molecule has 0 saturated carbocycles. The molecular formula is C22H16FN3O3S. The molecule has 8 heteroatoms. The van der Waals surface area contributed by atoms with E-state index in [2.05, 4.69) is 10.9 Å². The smallest absolute Gasteiger partial charge is 0.276 e.